The number of hydrogen-bond donors (Lipinski definition) is 2. The van der Waals surface area contributed by atoms with E-state index >= 15 is 0 Å². The largest absolute Gasteiger partial charge is 0.481 e. The zero-order chi connectivity index (χ0) is 13.8. The summed E-state index contributed by atoms with van der Waals surface area (Å²) < 4.78 is 0. The molecule has 0 radical (unpaired) electrons. The lowest BCUT2D eigenvalue weighted by Gasteiger charge is -2.42. The van der Waals surface area contributed by atoms with Gasteiger partial charge in [-0.3, -0.25) is 9.69 Å². The molecule has 0 saturated carbocycles. The Bertz CT molecular complexity index is 348. The Morgan fingerprint density at radius 3 is 2.89 bits per heavy atom. The molecule has 0 aromatic carbocycles. The Morgan fingerprint density at radius 2 is 2.16 bits per heavy atom. The maximum Gasteiger partial charge on any atom is 0.317 e. The van der Waals surface area contributed by atoms with Gasteiger partial charge in [-0.15, -0.1) is 0 Å². The van der Waals surface area contributed by atoms with Crippen LogP contribution >= 0.6 is 0 Å². The van der Waals surface area contributed by atoms with Crippen molar-refractivity contribution in [2.75, 3.05) is 26.2 Å². The summed E-state index contributed by atoms with van der Waals surface area (Å²) in [5, 5.41) is 11.4. The summed E-state index contributed by atoms with van der Waals surface area (Å²) in [7, 11) is 0. The smallest absolute Gasteiger partial charge is 0.317 e. The van der Waals surface area contributed by atoms with Crippen LogP contribution in [-0.4, -0.2) is 65.2 Å². The molecule has 2 saturated heterocycles. The third kappa shape index (κ3) is 3.59. The van der Waals surface area contributed by atoms with Crippen LogP contribution in [0.1, 0.15) is 32.6 Å². The van der Waals surface area contributed by atoms with Crippen LogP contribution in [0.15, 0.2) is 0 Å². The van der Waals surface area contributed by atoms with E-state index in [1.807, 2.05) is 4.90 Å². The van der Waals surface area contributed by atoms with Gasteiger partial charge in [0.1, 0.15) is 0 Å². The highest BCUT2D eigenvalue weighted by Gasteiger charge is 2.36. The highest BCUT2D eigenvalue weighted by Crippen LogP contribution is 2.24. The molecular weight excluding hydrogens is 246 g/mol. The number of rotatable bonds is 4. The zero-order valence-corrected chi connectivity index (χ0v) is 11.5. The average Bonchev–Trinajstić information content (AvgIpc) is 2.80. The first-order valence-corrected chi connectivity index (χ1v) is 7.08. The molecule has 6 nitrogen and oxygen atoms in total. The molecule has 19 heavy (non-hydrogen) atoms. The lowest BCUT2D eigenvalue weighted by Crippen LogP contribution is -2.58. The number of carbonyl (C=O) groups is 2. The Kier molecular flexibility index (Phi) is 4.63. The Labute approximate surface area is 113 Å². The van der Waals surface area contributed by atoms with Crippen LogP contribution in [0.25, 0.3) is 0 Å². The quantitative estimate of drug-likeness (QED) is 0.738. The van der Waals surface area contributed by atoms with Crippen LogP contribution in [0.4, 0.5) is 4.79 Å². The molecule has 108 valence electrons. The number of nitrogens with one attached hydrogen (secondary N) is 1. The van der Waals surface area contributed by atoms with E-state index in [1.54, 1.807) is 0 Å². The third-order valence-electron chi connectivity index (χ3n) is 4.04. The van der Waals surface area contributed by atoms with Gasteiger partial charge in [0.15, 0.2) is 0 Å². The molecule has 0 aromatic heterocycles. The number of nitrogens with zero attached hydrogens (tertiary/aromatic N) is 2. The Hall–Kier alpha value is -1.30. The normalized spacial score (nSPS) is 27.1. The molecule has 2 rings (SSSR count). The number of aliphatic carboxylic acids is 1. The Balaban J connectivity index is 1.76. The molecule has 0 aliphatic carbocycles. The van der Waals surface area contributed by atoms with Gasteiger partial charge in [0.25, 0.3) is 0 Å². The lowest BCUT2D eigenvalue weighted by molar-refractivity contribution is -0.137. The highest BCUT2D eigenvalue weighted by atomic mass is 16.4. The molecule has 0 spiro atoms. The van der Waals surface area contributed by atoms with E-state index in [4.69, 9.17) is 5.11 Å². The molecule has 6 heteroatoms. The molecule has 2 aliphatic heterocycles. The van der Waals surface area contributed by atoms with Gasteiger partial charge in [-0.2, -0.15) is 0 Å². The number of piperazine rings is 1. The first kappa shape index (κ1) is 14.1. The number of hydrogen-bond acceptors (Lipinski definition) is 3. The van der Waals surface area contributed by atoms with E-state index in [1.165, 1.54) is 12.8 Å². The summed E-state index contributed by atoms with van der Waals surface area (Å²) >= 11 is 0. The topological polar surface area (TPSA) is 72.9 Å². The van der Waals surface area contributed by atoms with Gasteiger partial charge in [0.2, 0.25) is 0 Å². The fourth-order valence-corrected chi connectivity index (χ4v) is 3.01. The number of urea groups is 1. The SMILES string of the molecule is CC1CN2CCCC2CN1C(=O)NCCCC(=O)O. The predicted octanol–water partition coefficient (Wildman–Crippen LogP) is 0.729. The molecule has 2 heterocycles. The zero-order valence-electron chi connectivity index (χ0n) is 11.5. The van der Waals surface area contributed by atoms with Crippen molar-refractivity contribution in [3.8, 4) is 0 Å². The van der Waals surface area contributed by atoms with E-state index in [2.05, 4.69) is 17.1 Å². The van der Waals surface area contributed by atoms with Gasteiger partial charge in [-0.1, -0.05) is 0 Å². The number of fused-ring (bicyclic) bond motifs is 1. The second-order valence-corrected chi connectivity index (χ2v) is 5.52. The highest BCUT2D eigenvalue weighted by molar-refractivity contribution is 5.74. The second-order valence-electron chi connectivity index (χ2n) is 5.52. The van der Waals surface area contributed by atoms with Crippen LogP contribution in [0.5, 0.6) is 0 Å². The number of carbonyl (C=O) groups excluding carboxylic acids is 1. The van der Waals surface area contributed by atoms with Gasteiger partial charge in [-0.05, 0) is 32.7 Å². The molecule has 2 amide bonds. The molecule has 2 atom stereocenters. The standard InChI is InChI=1S/C13H23N3O3/c1-10-8-15-7-3-4-11(15)9-16(10)13(19)14-6-2-5-12(17)18/h10-11H,2-9H2,1H3,(H,14,19)(H,17,18). The van der Waals surface area contributed by atoms with E-state index in [0.717, 1.165) is 19.6 Å². The van der Waals surface area contributed by atoms with Crippen molar-refractivity contribution in [1.82, 2.24) is 15.1 Å². The van der Waals surface area contributed by atoms with Crippen LogP contribution < -0.4 is 5.32 Å². The lowest BCUT2D eigenvalue weighted by atomic mass is 10.1. The van der Waals surface area contributed by atoms with Crippen molar-refractivity contribution in [3.05, 3.63) is 0 Å². The van der Waals surface area contributed by atoms with Crippen molar-refractivity contribution >= 4 is 12.0 Å². The minimum absolute atomic E-state index is 0.0514. The van der Waals surface area contributed by atoms with Crippen LogP contribution in [0.3, 0.4) is 0 Å². The van der Waals surface area contributed by atoms with Crippen molar-refractivity contribution < 1.29 is 14.7 Å². The van der Waals surface area contributed by atoms with E-state index in [-0.39, 0.29) is 18.5 Å². The van der Waals surface area contributed by atoms with Crippen LogP contribution in [0.2, 0.25) is 0 Å². The van der Waals surface area contributed by atoms with E-state index in [9.17, 15) is 9.59 Å². The first-order valence-electron chi connectivity index (χ1n) is 7.08. The summed E-state index contributed by atoms with van der Waals surface area (Å²) in [5.41, 5.74) is 0. The minimum atomic E-state index is -0.817. The van der Waals surface area contributed by atoms with Gasteiger partial charge < -0.3 is 15.3 Å². The first-order chi connectivity index (χ1) is 9.08. The summed E-state index contributed by atoms with van der Waals surface area (Å²) in [6.07, 6.45) is 2.99. The predicted molar refractivity (Wildman–Crippen MR) is 71.0 cm³/mol. The molecule has 2 fully saturated rings. The van der Waals surface area contributed by atoms with Crippen LogP contribution in [-0.2, 0) is 4.79 Å². The Morgan fingerprint density at radius 1 is 1.37 bits per heavy atom. The maximum absolute atomic E-state index is 12.1. The molecule has 2 aliphatic rings. The van der Waals surface area contributed by atoms with Gasteiger partial charge in [0.05, 0.1) is 0 Å². The molecular formula is C13H23N3O3. The van der Waals surface area contributed by atoms with Crippen molar-refractivity contribution in [3.63, 3.8) is 0 Å². The molecule has 2 N–H and O–H groups in total. The van der Waals surface area contributed by atoms with Crippen molar-refractivity contribution in [2.45, 2.75) is 44.7 Å². The molecule has 2 unspecified atom stereocenters. The van der Waals surface area contributed by atoms with E-state index < -0.39 is 5.97 Å². The molecule has 0 aromatic rings. The average molecular weight is 269 g/mol. The fraction of sp³-hybridized carbons (Fsp3) is 0.846. The monoisotopic (exact) mass is 269 g/mol. The molecule has 0 bridgehead atoms. The fourth-order valence-electron chi connectivity index (χ4n) is 3.01. The number of amides is 2. The van der Waals surface area contributed by atoms with Gasteiger partial charge in [0, 0.05) is 38.1 Å². The number of carboxylic acids is 1. The van der Waals surface area contributed by atoms with Crippen molar-refractivity contribution in [2.24, 2.45) is 0 Å². The summed E-state index contributed by atoms with van der Waals surface area (Å²) in [6, 6.07) is 0.694. The van der Waals surface area contributed by atoms with Crippen LogP contribution in [0, 0.1) is 0 Å². The maximum atomic E-state index is 12.1. The van der Waals surface area contributed by atoms with Crippen molar-refractivity contribution in [1.29, 1.82) is 0 Å². The van der Waals surface area contributed by atoms with E-state index in [0.29, 0.717) is 19.0 Å². The van der Waals surface area contributed by atoms with Gasteiger partial charge >= 0.3 is 12.0 Å². The second kappa shape index (κ2) is 6.23. The third-order valence-corrected chi connectivity index (χ3v) is 4.04. The number of carboxylic acid groups (broad SMARTS) is 1. The van der Waals surface area contributed by atoms with Gasteiger partial charge in [-0.25, -0.2) is 4.79 Å². The minimum Gasteiger partial charge on any atom is -0.481 e. The summed E-state index contributed by atoms with van der Waals surface area (Å²) in [4.78, 5) is 26.9. The summed E-state index contributed by atoms with van der Waals surface area (Å²) in [5.74, 6) is -0.817. The summed E-state index contributed by atoms with van der Waals surface area (Å²) in [6.45, 7) is 5.41.